The normalized spacial score (nSPS) is 11.7. The van der Waals surface area contributed by atoms with E-state index in [9.17, 15) is 4.79 Å². The van der Waals surface area contributed by atoms with Crippen molar-refractivity contribution in [3.8, 4) is 0 Å². The molecule has 0 atom stereocenters. The molecule has 1 amide bonds. The molecule has 17 heavy (non-hydrogen) atoms. The average molecular weight is 252 g/mol. The molecule has 5 heteroatoms. The van der Waals surface area contributed by atoms with Crippen molar-refractivity contribution in [1.82, 2.24) is 15.3 Å². The summed E-state index contributed by atoms with van der Waals surface area (Å²) in [6.45, 7) is 4.60. The highest BCUT2D eigenvalue weighted by molar-refractivity contribution is 6.62. The van der Waals surface area contributed by atoms with Crippen molar-refractivity contribution >= 4 is 28.0 Å². The van der Waals surface area contributed by atoms with Gasteiger partial charge in [0.2, 0.25) is 0 Å². The second-order valence-electron chi connectivity index (χ2n) is 4.65. The maximum absolute atomic E-state index is 10.7. The Labute approximate surface area is 104 Å². The number of hydrogen-bond donors (Lipinski definition) is 2. The fourth-order valence-electron chi connectivity index (χ4n) is 1.75. The van der Waals surface area contributed by atoms with Gasteiger partial charge in [-0.1, -0.05) is 19.9 Å². The van der Waals surface area contributed by atoms with Gasteiger partial charge in [0, 0.05) is 12.0 Å². The van der Waals surface area contributed by atoms with Crippen molar-refractivity contribution in [2.24, 2.45) is 0 Å². The molecular weight excluding hydrogens is 238 g/mol. The molecule has 0 unspecified atom stereocenters. The number of rotatable bonds is 3. The van der Waals surface area contributed by atoms with Crippen LogP contribution in [-0.4, -0.2) is 21.9 Å². The topological polar surface area (TPSA) is 57.8 Å². The van der Waals surface area contributed by atoms with Gasteiger partial charge in [-0.15, -0.1) is 0 Å². The zero-order chi connectivity index (χ0) is 12.5. The number of aromatic nitrogens is 2. The number of aromatic amines is 1. The SMILES string of the molecule is CC(C)(CNC(=O)Cl)c1ccc2nc[nH]c2c1. The monoisotopic (exact) mass is 251 g/mol. The minimum Gasteiger partial charge on any atom is -0.345 e. The Bertz CT molecular complexity index is 547. The van der Waals surface area contributed by atoms with Crippen molar-refractivity contribution in [3.63, 3.8) is 0 Å². The lowest BCUT2D eigenvalue weighted by molar-refractivity contribution is 0.257. The van der Waals surface area contributed by atoms with E-state index < -0.39 is 5.37 Å². The first-order valence-electron chi connectivity index (χ1n) is 5.36. The number of hydrogen-bond acceptors (Lipinski definition) is 2. The first-order valence-corrected chi connectivity index (χ1v) is 5.74. The molecule has 0 fully saturated rings. The Balaban J connectivity index is 2.27. The first kappa shape index (κ1) is 11.9. The number of nitrogens with zero attached hydrogens (tertiary/aromatic N) is 1. The van der Waals surface area contributed by atoms with Crippen molar-refractivity contribution in [2.75, 3.05) is 6.54 Å². The zero-order valence-electron chi connectivity index (χ0n) is 9.75. The molecule has 1 aromatic carbocycles. The highest BCUT2D eigenvalue weighted by atomic mass is 35.5. The number of carbonyl (C=O) groups excluding carboxylic acids is 1. The molecule has 4 nitrogen and oxygen atoms in total. The smallest absolute Gasteiger partial charge is 0.313 e. The van der Waals surface area contributed by atoms with E-state index in [1.165, 1.54) is 0 Å². The maximum atomic E-state index is 10.7. The summed E-state index contributed by atoms with van der Waals surface area (Å²) in [5.41, 5.74) is 2.88. The van der Waals surface area contributed by atoms with Gasteiger partial charge in [-0.05, 0) is 29.3 Å². The summed E-state index contributed by atoms with van der Waals surface area (Å²) < 4.78 is 0. The third kappa shape index (κ3) is 2.58. The molecule has 0 saturated carbocycles. The summed E-state index contributed by atoms with van der Waals surface area (Å²) in [6, 6.07) is 6.03. The summed E-state index contributed by atoms with van der Waals surface area (Å²) in [5.74, 6) is 0. The molecule has 2 N–H and O–H groups in total. The number of amides is 1. The lowest BCUT2D eigenvalue weighted by atomic mass is 9.84. The van der Waals surface area contributed by atoms with Crippen molar-refractivity contribution in [1.29, 1.82) is 0 Å². The predicted molar refractivity (Wildman–Crippen MR) is 68.4 cm³/mol. The average Bonchev–Trinajstić information content (AvgIpc) is 2.73. The molecule has 90 valence electrons. The van der Waals surface area contributed by atoms with Gasteiger partial charge >= 0.3 is 5.37 Å². The van der Waals surface area contributed by atoms with Crippen LogP contribution in [-0.2, 0) is 5.41 Å². The molecule has 0 saturated heterocycles. The number of fused-ring (bicyclic) bond motifs is 1. The molecule has 0 aliphatic carbocycles. The van der Waals surface area contributed by atoms with Crippen LogP contribution in [0.4, 0.5) is 4.79 Å². The van der Waals surface area contributed by atoms with Gasteiger partial charge in [0.15, 0.2) is 0 Å². The summed E-state index contributed by atoms with van der Waals surface area (Å²) >= 11 is 5.28. The van der Waals surface area contributed by atoms with Crippen LogP contribution < -0.4 is 5.32 Å². The van der Waals surface area contributed by atoms with Crippen LogP contribution in [0, 0.1) is 0 Å². The minimum absolute atomic E-state index is 0.177. The Morgan fingerprint density at radius 2 is 2.29 bits per heavy atom. The van der Waals surface area contributed by atoms with E-state index in [-0.39, 0.29) is 5.41 Å². The Morgan fingerprint density at radius 3 is 3.00 bits per heavy atom. The summed E-state index contributed by atoms with van der Waals surface area (Å²) in [4.78, 5) is 18.0. The van der Waals surface area contributed by atoms with Crippen molar-refractivity contribution in [3.05, 3.63) is 30.1 Å². The van der Waals surface area contributed by atoms with Crippen LogP contribution in [0.1, 0.15) is 19.4 Å². The summed E-state index contributed by atoms with van der Waals surface area (Å²) in [7, 11) is 0. The second-order valence-corrected chi connectivity index (χ2v) is 4.99. The Hall–Kier alpha value is -1.55. The van der Waals surface area contributed by atoms with Crippen LogP contribution in [0.15, 0.2) is 24.5 Å². The van der Waals surface area contributed by atoms with E-state index in [1.807, 2.05) is 18.2 Å². The lowest BCUT2D eigenvalue weighted by Gasteiger charge is -2.25. The molecule has 2 rings (SSSR count). The highest BCUT2D eigenvalue weighted by Gasteiger charge is 2.21. The van der Waals surface area contributed by atoms with E-state index in [0.717, 1.165) is 16.6 Å². The van der Waals surface area contributed by atoms with E-state index in [2.05, 4.69) is 29.1 Å². The van der Waals surface area contributed by atoms with Gasteiger partial charge in [0.25, 0.3) is 0 Å². The fourth-order valence-corrected chi connectivity index (χ4v) is 1.82. The third-order valence-corrected chi connectivity index (χ3v) is 3.00. The molecular formula is C12H14ClN3O. The fraction of sp³-hybridized carbons (Fsp3) is 0.333. The number of halogens is 1. The van der Waals surface area contributed by atoms with E-state index in [0.29, 0.717) is 6.54 Å². The van der Waals surface area contributed by atoms with Gasteiger partial charge in [-0.3, -0.25) is 4.79 Å². The van der Waals surface area contributed by atoms with Crippen molar-refractivity contribution in [2.45, 2.75) is 19.3 Å². The second kappa shape index (κ2) is 4.37. The first-order chi connectivity index (χ1) is 7.99. The Kier molecular flexibility index (Phi) is 3.07. The summed E-state index contributed by atoms with van der Waals surface area (Å²) in [6.07, 6.45) is 1.67. The number of H-pyrrole nitrogens is 1. The largest absolute Gasteiger partial charge is 0.345 e. The van der Waals surface area contributed by atoms with Gasteiger partial charge in [-0.2, -0.15) is 0 Å². The van der Waals surface area contributed by atoms with Crippen LogP contribution in [0.25, 0.3) is 11.0 Å². The van der Waals surface area contributed by atoms with Gasteiger partial charge < -0.3 is 10.3 Å². The van der Waals surface area contributed by atoms with E-state index >= 15 is 0 Å². The van der Waals surface area contributed by atoms with Gasteiger partial charge in [0.05, 0.1) is 17.4 Å². The standard InChI is InChI=1S/C12H14ClN3O/c1-12(2,6-14-11(13)17)8-3-4-9-10(5-8)16-7-15-9/h3-5,7H,6H2,1-2H3,(H,14,17)(H,15,16). The van der Waals surface area contributed by atoms with Crippen LogP contribution in [0.3, 0.4) is 0 Å². The molecule has 0 aliphatic heterocycles. The van der Waals surface area contributed by atoms with Crippen LogP contribution >= 0.6 is 11.6 Å². The lowest BCUT2D eigenvalue weighted by Crippen LogP contribution is -2.34. The molecule has 1 aromatic heterocycles. The van der Waals surface area contributed by atoms with Gasteiger partial charge in [-0.25, -0.2) is 4.98 Å². The predicted octanol–water partition coefficient (Wildman–Crippen LogP) is 2.79. The third-order valence-electron chi connectivity index (χ3n) is 2.87. The summed E-state index contributed by atoms with van der Waals surface area (Å²) in [5, 5.41) is 2.10. The molecule has 0 aliphatic rings. The zero-order valence-corrected chi connectivity index (χ0v) is 10.5. The van der Waals surface area contributed by atoms with Crippen LogP contribution in [0.5, 0.6) is 0 Å². The Morgan fingerprint density at radius 1 is 1.53 bits per heavy atom. The minimum atomic E-state index is -0.527. The number of benzene rings is 1. The number of imidazole rings is 1. The molecule has 2 aromatic rings. The number of nitrogens with one attached hydrogen (secondary N) is 2. The maximum Gasteiger partial charge on any atom is 0.313 e. The molecule has 1 heterocycles. The highest BCUT2D eigenvalue weighted by Crippen LogP contribution is 2.25. The molecule has 0 spiro atoms. The molecule has 0 bridgehead atoms. The molecule has 0 radical (unpaired) electrons. The van der Waals surface area contributed by atoms with E-state index in [1.54, 1.807) is 6.33 Å². The van der Waals surface area contributed by atoms with Crippen molar-refractivity contribution < 1.29 is 4.79 Å². The van der Waals surface area contributed by atoms with E-state index in [4.69, 9.17) is 11.6 Å². The van der Waals surface area contributed by atoms with Crippen LogP contribution in [0.2, 0.25) is 0 Å². The van der Waals surface area contributed by atoms with Gasteiger partial charge in [0.1, 0.15) is 0 Å². The number of carbonyl (C=O) groups is 1. The quantitative estimate of drug-likeness (QED) is 0.651.